The van der Waals surface area contributed by atoms with Gasteiger partial charge in [-0.15, -0.1) is 0 Å². The minimum atomic E-state index is -0.220. The number of benzene rings is 1. The summed E-state index contributed by atoms with van der Waals surface area (Å²) in [7, 11) is 0. The molecule has 4 nitrogen and oxygen atoms in total. The number of nitrogens with two attached hydrogens (primary N) is 2. The Bertz CT molecular complexity index is 329. The Balaban J connectivity index is 3.00. The van der Waals surface area contributed by atoms with E-state index < -0.39 is 0 Å². The third-order valence-corrected chi connectivity index (χ3v) is 2.25. The van der Waals surface area contributed by atoms with Crippen LogP contribution in [0.2, 0.25) is 0 Å². The Morgan fingerprint density at radius 2 is 1.88 bits per heavy atom. The SMILES string of the molecule is CCOc1ccc(OCC)c([C@H](N)CN)c1. The lowest BCUT2D eigenvalue weighted by atomic mass is 10.1. The summed E-state index contributed by atoms with van der Waals surface area (Å²) in [6.45, 7) is 5.51. The fourth-order valence-electron chi connectivity index (χ4n) is 1.49. The number of rotatable bonds is 6. The highest BCUT2D eigenvalue weighted by atomic mass is 16.5. The van der Waals surface area contributed by atoms with E-state index in [4.69, 9.17) is 20.9 Å². The van der Waals surface area contributed by atoms with Gasteiger partial charge in [-0.2, -0.15) is 0 Å². The van der Waals surface area contributed by atoms with Gasteiger partial charge in [-0.1, -0.05) is 0 Å². The number of hydrogen-bond donors (Lipinski definition) is 2. The number of hydrogen-bond acceptors (Lipinski definition) is 4. The van der Waals surface area contributed by atoms with E-state index in [1.807, 2.05) is 32.0 Å². The van der Waals surface area contributed by atoms with Gasteiger partial charge in [0.25, 0.3) is 0 Å². The van der Waals surface area contributed by atoms with Crippen LogP contribution in [0.15, 0.2) is 18.2 Å². The molecule has 0 saturated heterocycles. The molecule has 90 valence electrons. The van der Waals surface area contributed by atoms with E-state index in [1.165, 1.54) is 0 Å². The Labute approximate surface area is 96.5 Å². The van der Waals surface area contributed by atoms with Crippen LogP contribution in [0.1, 0.15) is 25.5 Å². The Hall–Kier alpha value is -1.26. The normalized spacial score (nSPS) is 12.2. The predicted octanol–water partition coefficient (Wildman–Crippen LogP) is 1.44. The van der Waals surface area contributed by atoms with Crippen LogP contribution < -0.4 is 20.9 Å². The van der Waals surface area contributed by atoms with E-state index in [0.717, 1.165) is 17.1 Å². The lowest BCUT2D eigenvalue weighted by Crippen LogP contribution is -2.21. The smallest absolute Gasteiger partial charge is 0.124 e. The van der Waals surface area contributed by atoms with E-state index >= 15 is 0 Å². The van der Waals surface area contributed by atoms with Crippen molar-refractivity contribution in [3.8, 4) is 11.5 Å². The summed E-state index contributed by atoms with van der Waals surface area (Å²) in [5.74, 6) is 1.58. The Morgan fingerprint density at radius 1 is 1.19 bits per heavy atom. The molecule has 0 saturated carbocycles. The van der Waals surface area contributed by atoms with Crippen molar-refractivity contribution in [2.24, 2.45) is 11.5 Å². The van der Waals surface area contributed by atoms with Crippen molar-refractivity contribution in [1.29, 1.82) is 0 Å². The second-order valence-corrected chi connectivity index (χ2v) is 3.41. The van der Waals surface area contributed by atoms with Crippen LogP contribution in [-0.2, 0) is 0 Å². The first kappa shape index (κ1) is 12.8. The molecule has 0 aliphatic carbocycles. The van der Waals surface area contributed by atoms with Gasteiger partial charge in [0.1, 0.15) is 11.5 Å². The molecule has 1 aromatic carbocycles. The molecule has 0 aromatic heterocycles. The highest BCUT2D eigenvalue weighted by Gasteiger charge is 2.12. The summed E-state index contributed by atoms with van der Waals surface area (Å²) in [4.78, 5) is 0. The fraction of sp³-hybridized carbons (Fsp3) is 0.500. The maximum Gasteiger partial charge on any atom is 0.124 e. The molecular weight excluding hydrogens is 204 g/mol. The summed E-state index contributed by atoms with van der Waals surface area (Å²) in [6.07, 6.45) is 0. The lowest BCUT2D eigenvalue weighted by molar-refractivity contribution is 0.325. The minimum absolute atomic E-state index is 0.220. The number of ether oxygens (including phenoxy) is 2. The van der Waals surface area contributed by atoms with Crippen LogP contribution >= 0.6 is 0 Å². The molecule has 0 radical (unpaired) electrons. The predicted molar refractivity (Wildman–Crippen MR) is 64.8 cm³/mol. The summed E-state index contributed by atoms with van der Waals surface area (Å²) < 4.78 is 10.9. The zero-order chi connectivity index (χ0) is 12.0. The molecule has 1 atom stereocenters. The first-order valence-corrected chi connectivity index (χ1v) is 5.58. The minimum Gasteiger partial charge on any atom is -0.494 e. The molecule has 0 fully saturated rings. The standard InChI is InChI=1S/C12H20N2O2/c1-3-15-9-5-6-12(16-4-2)10(7-9)11(14)8-13/h5-7,11H,3-4,8,13-14H2,1-2H3/t11-/m1/s1. The van der Waals surface area contributed by atoms with E-state index in [1.54, 1.807) is 0 Å². The van der Waals surface area contributed by atoms with Gasteiger partial charge in [0.2, 0.25) is 0 Å². The summed E-state index contributed by atoms with van der Waals surface area (Å²) >= 11 is 0. The van der Waals surface area contributed by atoms with Crippen molar-refractivity contribution in [3.63, 3.8) is 0 Å². The van der Waals surface area contributed by atoms with E-state index in [9.17, 15) is 0 Å². The average molecular weight is 224 g/mol. The van der Waals surface area contributed by atoms with Gasteiger partial charge in [0, 0.05) is 18.2 Å². The third-order valence-electron chi connectivity index (χ3n) is 2.25. The average Bonchev–Trinajstić information content (AvgIpc) is 2.31. The first-order valence-electron chi connectivity index (χ1n) is 5.58. The van der Waals surface area contributed by atoms with Crippen LogP contribution in [-0.4, -0.2) is 19.8 Å². The quantitative estimate of drug-likeness (QED) is 0.767. The van der Waals surface area contributed by atoms with Crippen molar-refractivity contribution < 1.29 is 9.47 Å². The summed E-state index contributed by atoms with van der Waals surface area (Å²) in [5.41, 5.74) is 12.4. The summed E-state index contributed by atoms with van der Waals surface area (Å²) in [6, 6.07) is 5.43. The molecule has 0 amide bonds. The zero-order valence-corrected chi connectivity index (χ0v) is 9.90. The Kier molecular flexibility index (Phi) is 5.08. The van der Waals surface area contributed by atoms with E-state index in [2.05, 4.69) is 0 Å². The third kappa shape index (κ3) is 3.12. The molecule has 0 spiro atoms. The van der Waals surface area contributed by atoms with Gasteiger partial charge in [0.15, 0.2) is 0 Å². The van der Waals surface area contributed by atoms with Crippen molar-refractivity contribution in [2.75, 3.05) is 19.8 Å². The van der Waals surface area contributed by atoms with Crippen LogP contribution in [0.25, 0.3) is 0 Å². The van der Waals surface area contributed by atoms with Crippen molar-refractivity contribution in [3.05, 3.63) is 23.8 Å². The Morgan fingerprint density at radius 3 is 2.44 bits per heavy atom. The van der Waals surface area contributed by atoms with E-state index in [-0.39, 0.29) is 6.04 Å². The molecular formula is C12H20N2O2. The molecule has 16 heavy (non-hydrogen) atoms. The van der Waals surface area contributed by atoms with Gasteiger partial charge in [0.05, 0.1) is 13.2 Å². The van der Waals surface area contributed by atoms with Crippen LogP contribution in [0.5, 0.6) is 11.5 Å². The zero-order valence-electron chi connectivity index (χ0n) is 9.90. The molecule has 0 aliphatic heterocycles. The maximum absolute atomic E-state index is 5.93. The van der Waals surface area contributed by atoms with Gasteiger partial charge in [-0.05, 0) is 32.0 Å². The van der Waals surface area contributed by atoms with Gasteiger partial charge in [-0.3, -0.25) is 0 Å². The highest BCUT2D eigenvalue weighted by Crippen LogP contribution is 2.28. The fourth-order valence-corrected chi connectivity index (χ4v) is 1.49. The van der Waals surface area contributed by atoms with Crippen LogP contribution in [0.4, 0.5) is 0 Å². The maximum atomic E-state index is 5.93. The molecule has 1 aromatic rings. The molecule has 0 heterocycles. The molecule has 4 N–H and O–H groups in total. The topological polar surface area (TPSA) is 70.5 Å². The van der Waals surface area contributed by atoms with Crippen molar-refractivity contribution in [1.82, 2.24) is 0 Å². The van der Waals surface area contributed by atoms with Gasteiger partial charge >= 0.3 is 0 Å². The van der Waals surface area contributed by atoms with Crippen LogP contribution in [0.3, 0.4) is 0 Å². The summed E-state index contributed by atoms with van der Waals surface area (Å²) in [5, 5.41) is 0. The second kappa shape index (κ2) is 6.35. The molecule has 0 bridgehead atoms. The van der Waals surface area contributed by atoms with E-state index in [0.29, 0.717) is 19.8 Å². The molecule has 0 unspecified atom stereocenters. The first-order chi connectivity index (χ1) is 7.72. The molecule has 1 rings (SSSR count). The highest BCUT2D eigenvalue weighted by molar-refractivity contribution is 5.42. The second-order valence-electron chi connectivity index (χ2n) is 3.41. The molecule has 0 aliphatic rings. The monoisotopic (exact) mass is 224 g/mol. The largest absolute Gasteiger partial charge is 0.494 e. The molecule has 4 heteroatoms. The van der Waals surface area contributed by atoms with Gasteiger partial charge in [-0.25, -0.2) is 0 Å². The van der Waals surface area contributed by atoms with Crippen molar-refractivity contribution >= 4 is 0 Å². The van der Waals surface area contributed by atoms with Crippen molar-refractivity contribution in [2.45, 2.75) is 19.9 Å². The lowest BCUT2D eigenvalue weighted by Gasteiger charge is -2.16. The van der Waals surface area contributed by atoms with Gasteiger partial charge < -0.3 is 20.9 Å². The van der Waals surface area contributed by atoms with Crippen LogP contribution in [0, 0.1) is 0 Å².